The summed E-state index contributed by atoms with van der Waals surface area (Å²) in [7, 11) is 0. The summed E-state index contributed by atoms with van der Waals surface area (Å²) in [4.78, 5) is 24.9. The van der Waals surface area contributed by atoms with Crippen LogP contribution in [-0.2, 0) is 20.4 Å². The minimum Gasteiger partial charge on any atom is -0.379 e. The molecule has 12 heteroatoms. The van der Waals surface area contributed by atoms with E-state index in [1.165, 1.54) is 0 Å². The number of carbonyl (C=O) groups is 1. The molecule has 1 aromatic rings. The van der Waals surface area contributed by atoms with Gasteiger partial charge >= 0.3 is 6.18 Å². The van der Waals surface area contributed by atoms with Crippen LogP contribution >= 0.6 is 0 Å². The molecule has 2 atom stereocenters. The highest BCUT2D eigenvalue weighted by molar-refractivity contribution is 5.82. The molecule has 192 valence electrons. The van der Waals surface area contributed by atoms with Gasteiger partial charge in [-0.25, -0.2) is 4.98 Å². The summed E-state index contributed by atoms with van der Waals surface area (Å²) < 4.78 is 51.7. The Morgan fingerprint density at radius 1 is 1.14 bits per heavy atom. The molecule has 0 spiro atoms. The Morgan fingerprint density at radius 2 is 1.91 bits per heavy atom. The molecule has 1 aromatic heterocycles. The zero-order valence-electron chi connectivity index (χ0n) is 19.6. The van der Waals surface area contributed by atoms with Crippen molar-refractivity contribution in [3.8, 4) is 0 Å². The number of ether oxygens (including phenoxy) is 2. The average Bonchev–Trinajstić information content (AvgIpc) is 3.00. The molecule has 2 unspecified atom stereocenters. The molecule has 4 bridgehead atoms. The van der Waals surface area contributed by atoms with Gasteiger partial charge in [-0.2, -0.15) is 18.2 Å². The van der Waals surface area contributed by atoms with E-state index in [4.69, 9.17) is 9.47 Å². The minimum atomic E-state index is -4.56. The predicted octanol–water partition coefficient (Wildman–Crippen LogP) is 1.96. The number of hydrogen-bond acceptors (Lipinski definition) is 8. The molecule has 3 saturated heterocycles. The maximum Gasteiger partial charge on any atom is 0.421 e. The van der Waals surface area contributed by atoms with Crippen molar-refractivity contribution in [1.29, 1.82) is 0 Å². The number of nitrogens with zero attached hydrogens (tertiary/aromatic N) is 4. The molecule has 6 fully saturated rings. The fourth-order valence-electron chi connectivity index (χ4n) is 6.63. The van der Waals surface area contributed by atoms with Gasteiger partial charge in [0.2, 0.25) is 11.9 Å². The molecule has 1 amide bonds. The van der Waals surface area contributed by atoms with E-state index in [9.17, 15) is 18.0 Å². The van der Waals surface area contributed by atoms with Gasteiger partial charge < -0.3 is 25.0 Å². The summed E-state index contributed by atoms with van der Waals surface area (Å²) in [5.74, 6) is 0.00887. The Labute approximate surface area is 201 Å². The van der Waals surface area contributed by atoms with Crippen molar-refractivity contribution in [1.82, 2.24) is 19.8 Å². The molecule has 0 radical (unpaired) electrons. The number of fused-ring (bicyclic) bond motifs is 2. The molecular formula is C23H31F3N6O3. The molecule has 6 aliphatic rings. The van der Waals surface area contributed by atoms with Crippen LogP contribution < -0.4 is 10.6 Å². The van der Waals surface area contributed by atoms with Crippen molar-refractivity contribution < 1.29 is 27.4 Å². The van der Waals surface area contributed by atoms with E-state index >= 15 is 0 Å². The number of likely N-dealkylation sites (tertiary alicyclic amines) is 1. The molecule has 2 N–H and O–H groups in total. The number of amides is 1. The van der Waals surface area contributed by atoms with Crippen LogP contribution in [0.1, 0.15) is 37.7 Å². The molecule has 0 aromatic carbocycles. The van der Waals surface area contributed by atoms with Gasteiger partial charge in [-0.3, -0.25) is 9.69 Å². The second-order valence-corrected chi connectivity index (χ2v) is 10.6. The van der Waals surface area contributed by atoms with Crippen molar-refractivity contribution in [2.24, 2.45) is 5.92 Å². The van der Waals surface area contributed by atoms with Crippen molar-refractivity contribution in [3.05, 3.63) is 11.8 Å². The minimum absolute atomic E-state index is 0.0755. The first-order valence-electron chi connectivity index (χ1n) is 12.4. The third-order valence-electron chi connectivity index (χ3n) is 8.28. The van der Waals surface area contributed by atoms with Crippen LogP contribution in [0, 0.1) is 5.92 Å². The number of nitrogens with one attached hydrogen (secondary N) is 2. The van der Waals surface area contributed by atoms with Crippen LogP contribution in [0.4, 0.5) is 24.9 Å². The van der Waals surface area contributed by atoms with Gasteiger partial charge in [-0.1, -0.05) is 0 Å². The number of hydrogen-bond donors (Lipinski definition) is 2. The smallest absolute Gasteiger partial charge is 0.379 e. The quantitative estimate of drug-likeness (QED) is 0.528. The van der Waals surface area contributed by atoms with Gasteiger partial charge in [0.15, 0.2) is 0 Å². The Bertz CT molecular complexity index is 966. The van der Waals surface area contributed by atoms with Crippen molar-refractivity contribution in [3.63, 3.8) is 0 Å². The van der Waals surface area contributed by atoms with Crippen LogP contribution in [0.25, 0.3) is 0 Å². The first-order valence-corrected chi connectivity index (χ1v) is 12.4. The topological polar surface area (TPSA) is 91.8 Å². The molecule has 4 heterocycles. The van der Waals surface area contributed by atoms with Gasteiger partial charge in [0.05, 0.1) is 38.4 Å². The maximum absolute atomic E-state index is 13.6. The number of carbonyl (C=O) groups excluding carboxylic acids is 1. The lowest BCUT2D eigenvalue weighted by Gasteiger charge is -2.74. The highest BCUT2D eigenvalue weighted by atomic mass is 19.4. The van der Waals surface area contributed by atoms with Gasteiger partial charge in [-0.15, -0.1) is 0 Å². The van der Waals surface area contributed by atoms with Crippen molar-refractivity contribution in [2.75, 3.05) is 63.2 Å². The van der Waals surface area contributed by atoms with Crippen molar-refractivity contribution in [2.45, 2.75) is 55.4 Å². The molecule has 9 nitrogen and oxygen atoms in total. The van der Waals surface area contributed by atoms with Gasteiger partial charge in [0.25, 0.3) is 0 Å². The fourth-order valence-corrected chi connectivity index (χ4v) is 6.63. The maximum atomic E-state index is 13.6. The Kier molecular flexibility index (Phi) is 5.61. The molecule has 35 heavy (non-hydrogen) atoms. The first kappa shape index (κ1) is 23.2. The van der Waals surface area contributed by atoms with Gasteiger partial charge in [0, 0.05) is 43.5 Å². The van der Waals surface area contributed by atoms with E-state index in [-0.39, 0.29) is 47.3 Å². The average molecular weight is 497 g/mol. The number of rotatable bonds is 8. The number of halogens is 3. The summed E-state index contributed by atoms with van der Waals surface area (Å²) >= 11 is 0. The van der Waals surface area contributed by atoms with Crippen LogP contribution in [0.5, 0.6) is 0 Å². The monoisotopic (exact) mass is 496 g/mol. The van der Waals surface area contributed by atoms with E-state index in [0.717, 1.165) is 58.2 Å². The largest absolute Gasteiger partial charge is 0.421 e. The van der Waals surface area contributed by atoms with Crippen LogP contribution in [0.3, 0.4) is 0 Å². The SMILES string of the molecule is O=C1C2COCC(C2)N1CCCNc1nc(NC23CC(N4CCOCC4)(C2)C3)ncc1C(F)(F)F. The van der Waals surface area contributed by atoms with E-state index in [0.29, 0.717) is 26.2 Å². The third kappa shape index (κ3) is 4.13. The van der Waals surface area contributed by atoms with Crippen molar-refractivity contribution >= 4 is 17.7 Å². The Morgan fingerprint density at radius 3 is 2.63 bits per heavy atom. The van der Waals surface area contributed by atoms with Gasteiger partial charge in [0.1, 0.15) is 11.4 Å². The molecule has 3 aliphatic heterocycles. The van der Waals surface area contributed by atoms with Crippen LogP contribution in [-0.4, -0.2) is 95.4 Å². The number of alkyl halides is 3. The second-order valence-electron chi connectivity index (χ2n) is 10.6. The zero-order valence-corrected chi connectivity index (χ0v) is 19.6. The standard InChI is InChI=1S/C23H31F3N6O3/c24-23(25,26)17-9-28-20(30-21-12-22(13-21,14-21)31-4-6-34-7-5-31)29-18(17)27-2-1-3-32-16-8-15(19(32)33)10-35-11-16/h9,15-16H,1-8,10-14H2,(H2,27,28,29,30). The lowest BCUT2D eigenvalue weighted by atomic mass is 9.43. The van der Waals surface area contributed by atoms with E-state index in [1.807, 2.05) is 4.90 Å². The summed E-state index contributed by atoms with van der Waals surface area (Å²) in [5, 5.41) is 6.17. The summed E-state index contributed by atoms with van der Waals surface area (Å²) in [6.45, 7) is 5.11. The number of anilines is 2. The van der Waals surface area contributed by atoms with Gasteiger partial charge in [-0.05, 0) is 32.1 Å². The zero-order chi connectivity index (χ0) is 24.3. The molecule has 3 aliphatic carbocycles. The summed E-state index contributed by atoms with van der Waals surface area (Å²) in [5.41, 5.74) is -0.821. The fraction of sp³-hybridized carbons (Fsp3) is 0.783. The van der Waals surface area contributed by atoms with Crippen LogP contribution in [0.15, 0.2) is 6.20 Å². The van der Waals surface area contributed by atoms with E-state index < -0.39 is 11.7 Å². The lowest BCUT2D eigenvalue weighted by molar-refractivity contribution is -0.173. The predicted molar refractivity (Wildman–Crippen MR) is 120 cm³/mol. The molecular weight excluding hydrogens is 465 g/mol. The van der Waals surface area contributed by atoms with Crippen LogP contribution in [0.2, 0.25) is 0 Å². The number of morpholine rings is 1. The Hall–Kier alpha value is -2.18. The third-order valence-corrected chi connectivity index (χ3v) is 8.28. The molecule has 3 saturated carbocycles. The number of aromatic nitrogens is 2. The van der Waals surface area contributed by atoms with E-state index in [2.05, 4.69) is 25.5 Å². The highest BCUT2D eigenvalue weighted by Gasteiger charge is 2.70. The lowest BCUT2D eigenvalue weighted by Crippen LogP contribution is -2.82. The normalized spacial score (nSPS) is 34.4. The Balaban J connectivity index is 1.06. The molecule has 7 rings (SSSR count). The second kappa shape index (κ2) is 8.45. The highest BCUT2D eigenvalue weighted by Crippen LogP contribution is 2.64. The van der Waals surface area contributed by atoms with E-state index in [1.54, 1.807) is 0 Å². The summed E-state index contributed by atoms with van der Waals surface area (Å²) in [6, 6.07) is 0.0793. The summed E-state index contributed by atoms with van der Waals surface area (Å²) in [6.07, 6.45) is 0.460. The first-order chi connectivity index (χ1) is 16.8.